The van der Waals surface area contributed by atoms with E-state index in [1.165, 1.54) is 68.5 Å². The lowest BCUT2D eigenvalue weighted by molar-refractivity contribution is 0.313. The van der Waals surface area contributed by atoms with Crippen LogP contribution in [0.2, 0.25) is 0 Å². The molecular formula is C18H30N2S. The highest BCUT2D eigenvalue weighted by Gasteiger charge is 2.29. The second-order valence-corrected chi connectivity index (χ2v) is 8.01. The van der Waals surface area contributed by atoms with Gasteiger partial charge in [0.1, 0.15) is 0 Å². The van der Waals surface area contributed by atoms with Crippen molar-refractivity contribution in [3.63, 3.8) is 0 Å². The molecule has 3 atom stereocenters. The summed E-state index contributed by atoms with van der Waals surface area (Å²) < 4.78 is 0. The van der Waals surface area contributed by atoms with E-state index in [0.29, 0.717) is 6.04 Å². The molecule has 0 bridgehead atoms. The first-order chi connectivity index (χ1) is 10.3. The Labute approximate surface area is 133 Å². The lowest BCUT2D eigenvalue weighted by Crippen LogP contribution is -2.25. The maximum Gasteiger partial charge on any atom is 0.0962 e. The van der Waals surface area contributed by atoms with E-state index in [0.717, 1.165) is 18.4 Å². The molecule has 0 radical (unpaired) electrons. The molecule has 21 heavy (non-hydrogen) atoms. The van der Waals surface area contributed by atoms with Crippen LogP contribution in [0.4, 0.5) is 0 Å². The molecule has 3 unspecified atom stereocenters. The number of rotatable bonds is 5. The third kappa shape index (κ3) is 3.50. The van der Waals surface area contributed by atoms with E-state index in [9.17, 15) is 0 Å². The maximum absolute atomic E-state index is 5.13. The average Bonchev–Trinajstić information content (AvgIpc) is 2.97. The summed E-state index contributed by atoms with van der Waals surface area (Å²) in [6, 6.07) is 0.532. The van der Waals surface area contributed by atoms with E-state index in [1.807, 2.05) is 11.3 Å². The summed E-state index contributed by atoms with van der Waals surface area (Å²) in [5.41, 5.74) is 1.41. The highest BCUT2D eigenvalue weighted by Crippen LogP contribution is 2.42. The Kier molecular flexibility index (Phi) is 5.33. The van der Waals surface area contributed by atoms with Crippen molar-refractivity contribution in [3.05, 3.63) is 15.6 Å². The molecule has 3 rings (SSSR count). The van der Waals surface area contributed by atoms with Gasteiger partial charge >= 0.3 is 0 Å². The number of aryl methyl sites for hydroxylation is 1. The van der Waals surface area contributed by atoms with Gasteiger partial charge in [-0.2, -0.15) is 0 Å². The lowest BCUT2D eigenvalue weighted by atomic mass is 9.80. The molecule has 0 aliphatic heterocycles. The van der Waals surface area contributed by atoms with Crippen molar-refractivity contribution < 1.29 is 0 Å². The van der Waals surface area contributed by atoms with Gasteiger partial charge in [0.15, 0.2) is 0 Å². The standard InChI is InChI=1S/C18H30N2S/c1-3-11-19-15-9-6-10-16-17(15)20-18(21-16)14-8-5-7-13(4-2)12-14/h13-15,19H,3-12H2,1-2H3. The largest absolute Gasteiger partial charge is 0.309 e. The van der Waals surface area contributed by atoms with Crippen LogP contribution in [0, 0.1) is 5.92 Å². The summed E-state index contributed by atoms with van der Waals surface area (Å²) in [7, 11) is 0. The predicted molar refractivity (Wildman–Crippen MR) is 91.1 cm³/mol. The van der Waals surface area contributed by atoms with E-state index < -0.39 is 0 Å². The molecule has 3 heteroatoms. The molecule has 1 aromatic rings. The summed E-state index contributed by atoms with van der Waals surface area (Å²) >= 11 is 2.04. The molecule has 1 aromatic heterocycles. The van der Waals surface area contributed by atoms with E-state index >= 15 is 0 Å². The number of hydrogen-bond acceptors (Lipinski definition) is 3. The minimum absolute atomic E-state index is 0.532. The molecule has 2 aliphatic rings. The van der Waals surface area contributed by atoms with Crippen molar-refractivity contribution in [2.24, 2.45) is 5.92 Å². The Balaban J connectivity index is 1.74. The Bertz CT molecular complexity index is 454. The summed E-state index contributed by atoms with van der Waals surface area (Å²) in [4.78, 5) is 6.72. The normalized spacial score (nSPS) is 29.3. The molecule has 1 N–H and O–H groups in total. The Hall–Kier alpha value is -0.410. The first kappa shape index (κ1) is 15.5. The van der Waals surface area contributed by atoms with Gasteiger partial charge < -0.3 is 5.32 Å². The number of fused-ring (bicyclic) bond motifs is 1. The van der Waals surface area contributed by atoms with E-state index in [4.69, 9.17) is 4.98 Å². The zero-order valence-electron chi connectivity index (χ0n) is 13.7. The van der Waals surface area contributed by atoms with Crippen LogP contribution >= 0.6 is 11.3 Å². The van der Waals surface area contributed by atoms with Gasteiger partial charge in [0.2, 0.25) is 0 Å². The number of aromatic nitrogens is 1. The monoisotopic (exact) mass is 306 g/mol. The third-order valence-corrected chi connectivity index (χ3v) is 6.61. The molecular weight excluding hydrogens is 276 g/mol. The fourth-order valence-corrected chi connectivity index (χ4v) is 5.33. The van der Waals surface area contributed by atoms with Crippen LogP contribution in [0.15, 0.2) is 0 Å². The first-order valence-corrected chi connectivity index (χ1v) is 9.86. The molecule has 1 saturated carbocycles. The van der Waals surface area contributed by atoms with Gasteiger partial charge in [0, 0.05) is 10.8 Å². The molecule has 1 fully saturated rings. The van der Waals surface area contributed by atoms with Crippen molar-refractivity contribution >= 4 is 11.3 Å². The highest BCUT2D eigenvalue weighted by molar-refractivity contribution is 7.11. The molecule has 2 aliphatic carbocycles. The van der Waals surface area contributed by atoms with Crippen LogP contribution in [-0.2, 0) is 6.42 Å². The minimum Gasteiger partial charge on any atom is -0.309 e. The van der Waals surface area contributed by atoms with Crippen LogP contribution in [0.1, 0.15) is 92.8 Å². The molecule has 0 saturated heterocycles. The summed E-state index contributed by atoms with van der Waals surface area (Å²) in [6.45, 7) is 5.72. The molecule has 0 amide bonds. The zero-order chi connectivity index (χ0) is 14.7. The summed E-state index contributed by atoms with van der Waals surface area (Å²) in [5.74, 6) is 1.70. The van der Waals surface area contributed by atoms with Crippen molar-refractivity contribution in [2.75, 3.05) is 6.54 Å². The van der Waals surface area contributed by atoms with Gasteiger partial charge in [-0.25, -0.2) is 4.98 Å². The summed E-state index contributed by atoms with van der Waals surface area (Å²) in [5, 5.41) is 5.17. The van der Waals surface area contributed by atoms with E-state index in [1.54, 1.807) is 4.88 Å². The smallest absolute Gasteiger partial charge is 0.0962 e. The second-order valence-electron chi connectivity index (χ2n) is 6.90. The van der Waals surface area contributed by atoms with Crippen LogP contribution in [0.5, 0.6) is 0 Å². The van der Waals surface area contributed by atoms with Crippen LogP contribution in [-0.4, -0.2) is 11.5 Å². The fraction of sp³-hybridized carbons (Fsp3) is 0.833. The van der Waals surface area contributed by atoms with Gasteiger partial charge in [-0.1, -0.05) is 33.1 Å². The molecule has 1 heterocycles. The summed E-state index contributed by atoms with van der Waals surface area (Å²) in [6.07, 6.45) is 12.0. The maximum atomic E-state index is 5.13. The van der Waals surface area contributed by atoms with Crippen molar-refractivity contribution in [3.8, 4) is 0 Å². The molecule has 0 aromatic carbocycles. The molecule has 118 valence electrons. The molecule has 2 nitrogen and oxygen atoms in total. The quantitative estimate of drug-likeness (QED) is 0.808. The fourth-order valence-electron chi connectivity index (χ4n) is 4.02. The van der Waals surface area contributed by atoms with Gasteiger partial charge in [-0.15, -0.1) is 11.3 Å². The zero-order valence-corrected chi connectivity index (χ0v) is 14.5. The first-order valence-electron chi connectivity index (χ1n) is 9.04. The number of nitrogens with one attached hydrogen (secondary N) is 1. The van der Waals surface area contributed by atoms with Crippen molar-refractivity contribution in [1.29, 1.82) is 0 Å². The van der Waals surface area contributed by atoms with Crippen molar-refractivity contribution in [2.45, 2.75) is 83.6 Å². The minimum atomic E-state index is 0.532. The van der Waals surface area contributed by atoms with E-state index in [2.05, 4.69) is 19.2 Å². The number of hydrogen-bond donors (Lipinski definition) is 1. The highest BCUT2D eigenvalue weighted by atomic mass is 32.1. The van der Waals surface area contributed by atoms with Gasteiger partial charge in [0.25, 0.3) is 0 Å². The topological polar surface area (TPSA) is 24.9 Å². The van der Waals surface area contributed by atoms with Crippen LogP contribution < -0.4 is 5.32 Å². The molecule has 0 spiro atoms. The number of nitrogens with zero attached hydrogens (tertiary/aromatic N) is 1. The average molecular weight is 307 g/mol. The van der Waals surface area contributed by atoms with Gasteiger partial charge in [-0.3, -0.25) is 0 Å². The van der Waals surface area contributed by atoms with Gasteiger partial charge in [0.05, 0.1) is 16.7 Å². The van der Waals surface area contributed by atoms with Gasteiger partial charge in [-0.05, 0) is 51.0 Å². The number of thiazole rings is 1. The second kappa shape index (κ2) is 7.23. The predicted octanol–water partition coefficient (Wildman–Crippen LogP) is 5.20. The van der Waals surface area contributed by atoms with E-state index in [-0.39, 0.29) is 0 Å². The Morgan fingerprint density at radius 3 is 2.90 bits per heavy atom. The SMILES string of the molecule is CCCNC1CCCc2sc(C3CCCC(CC)C3)nc21. The van der Waals surface area contributed by atoms with Crippen LogP contribution in [0.25, 0.3) is 0 Å². The Morgan fingerprint density at radius 1 is 1.19 bits per heavy atom. The lowest BCUT2D eigenvalue weighted by Gasteiger charge is -2.27. The third-order valence-electron chi connectivity index (χ3n) is 5.32. The Morgan fingerprint density at radius 2 is 2.10 bits per heavy atom. The van der Waals surface area contributed by atoms with Crippen molar-refractivity contribution in [1.82, 2.24) is 10.3 Å². The van der Waals surface area contributed by atoms with Crippen LogP contribution in [0.3, 0.4) is 0 Å².